The maximum absolute atomic E-state index is 12.0. The van der Waals surface area contributed by atoms with Crippen LogP contribution in [-0.4, -0.2) is 30.2 Å². The number of rotatable bonds is 7. The van der Waals surface area contributed by atoms with Gasteiger partial charge in [-0.05, 0) is 43.7 Å². The number of anilines is 1. The molecule has 0 unspecified atom stereocenters. The molecule has 132 valence electrons. The minimum Gasteiger partial charge on any atom is -0.490 e. The van der Waals surface area contributed by atoms with E-state index in [1.54, 1.807) is 13.0 Å². The number of benzene rings is 2. The molecule has 0 fully saturated rings. The molecule has 0 atom stereocenters. The standard InChI is InChI=1S/C18H18ClNO5/c1-3-24-15-9-12(18(22)23)8-14(19)17(15)25-10-16(21)20-13-6-4-5-11(2)7-13/h4-9H,3,10H2,1-2H3,(H,20,21)(H,22,23). The highest BCUT2D eigenvalue weighted by molar-refractivity contribution is 6.32. The molecular weight excluding hydrogens is 346 g/mol. The normalized spacial score (nSPS) is 10.2. The van der Waals surface area contributed by atoms with E-state index in [4.69, 9.17) is 26.2 Å². The lowest BCUT2D eigenvalue weighted by Crippen LogP contribution is -2.20. The van der Waals surface area contributed by atoms with Crippen molar-refractivity contribution in [3.8, 4) is 11.5 Å². The molecule has 0 saturated heterocycles. The van der Waals surface area contributed by atoms with E-state index < -0.39 is 5.97 Å². The molecule has 0 aliphatic heterocycles. The van der Waals surface area contributed by atoms with Gasteiger partial charge in [-0.1, -0.05) is 23.7 Å². The van der Waals surface area contributed by atoms with E-state index in [1.807, 2.05) is 25.1 Å². The number of aryl methyl sites for hydroxylation is 1. The van der Waals surface area contributed by atoms with Crippen LogP contribution in [0, 0.1) is 6.92 Å². The van der Waals surface area contributed by atoms with Crippen molar-refractivity contribution in [2.24, 2.45) is 0 Å². The van der Waals surface area contributed by atoms with Gasteiger partial charge in [0.25, 0.3) is 5.91 Å². The predicted octanol–water partition coefficient (Wildman–Crippen LogP) is 3.76. The Labute approximate surface area is 150 Å². The van der Waals surface area contributed by atoms with Crippen LogP contribution in [0.4, 0.5) is 5.69 Å². The van der Waals surface area contributed by atoms with Gasteiger partial charge in [0.05, 0.1) is 17.2 Å². The van der Waals surface area contributed by atoms with Crippen LogP contribution < -0.4 is 14.8 Å². The topological polar surface area (TPSA) is 84.9 Å². The zero-order valence-corrected chi connectivity index (χ0v) is 14.6. The molecule has 25 heavy (non-hydrogen) atoms. The van der Waals surface area contributed by atoms with Crippen LogP contribution in [0.25, 0.3) is 0 Å². The molecule has 0 spiro atoms. The largest absolute Gasteiger partial charge is 0.490 e. The number of aromatic carboxylic acids is 1. The van der Waals surface area contributed by atoms with Crippen molar-refractivity contribution in [1.82, 2.24) is 0 Å². The number of carbonyl (C=O) groups is 2. The highest BCUT2D eigenvalue weighted by atomic mass is 35.5. The number of carbonyl (C=O) groups excluding carboxylic acids is 1. The van der Waals surface area contributed by atoms with Gasteiger partial charge < -0.3 is 19.9 Å². The predicted molar refractivity (Wildman–Crippen MR) is 94.9 cm³/mol. The molecule has 0 aromatic heterocycles. The number of hydrogen-bond acceptors (Lipinski definition) is 4. The summed E-state index contributed by atoms with van der Waals surface area (Å²) in [6.07, 6.45) is 0. The van der Waals surface area contributed by atoms with Crippen LogP contribution in [0.1, 0.15) is 22.8 Å². The fraction of sp³-hybridized carbons (Fsp3) is 0.222. The van der Waals surface area contributed by atoms with Crippen molar-refractivity contribution >= 4 is 29.2 Å². The molecular formula is C18H18ClNO5. The molecule has 6 nitrogen and oxygen atoms in total. The summed E-state index contributed by atoms with van der Waals surface area (Å²) >= 11 is 6.08. The average molecular weight is 364 g/mol. The Morgan fingerprint density at radius 2 is 1.96 bits per heavy atom. The fourth-order valence-corrected chi connectivity index (χ4v) is 2.42. The number of carboxylic acids is 1. The molecule has 1 amide bonds. The minimum absolute atomic E-state index is 0.0231. The Balaban J connectivity index is 2.11. The first kappa shape index (κ1) is 18.6. The molecule has 0 aliphatic rings. The van der Waals surface area contributed by atoms with Crippen LogP contribution in [0.15, 0.2) is 36.4 Å². The number of nitrogens with one attached hydrogen (secondary N) is 1. The fourth-order valence-electron chi connectivity index (χ4n) is 2.15. The lowest BCUT2D eigenvalue weighted by atomic mass is 10.2. The Kier molecular flexibility index (Phi) is 6.25. The maximum atomic E-state index is 12.0. The molecule has 2 rings (SSSR count). The Morgan fingerprint density at radius 1 is 1.20 bits per heavy atom. The Bertz CT molecular complexity index is 791. The molecule has 0 radical (unpaired) electrons. The average Bonchev–Trinajstić information content (AvgIpc) is 2.54. The van der Waals surface area contributed by atoms with Crippen LogP contribution >= 0.6 is 11.6 Å². The second kappa shape index (κ2) is 8.39. The van der Waals surface area contributed by atoms with Gasteiger partial charge in [-0.15, -0.1) is 0 Å². The molecule has 7 heteroatoms. The zero-order chi connectivity index (χ0) is 18.4. The molecule has 2 aromatic rings. The van der Waals surface area contributed by atoms with Crippen molar-refractivity contribution in [3.63, 3.8) is 0 Å². The zero-order valence-electron chi connectivity index (χ0n) is 13.8. The van der Waals surface area contributed by atoms with Crippen molar-refractivity contribution in [2.45, 2.75) is 13.8 Å². The molecule has 0 saturated carbocycles. The summed E-state index contributed by atoms with van der Waals surface area (Å²) in [4.78, 5) is 23.1. The smallest absolute Gasteiger partial charge is 0.335 e. The quantitative estimate of drug-likeness (QED) is 0.782. The monoisotopic (exact) mass is 363 g/mol. The van der Waals surface area contributed by atoms with Gasteiger partial charge in [0.2, 0.25) is 0 Å². The minimum atomic E-state index is -1.13. The van der Waals surface area contributed by atoms with Gasteiger partial charge in [-0.3, -0.25) is 4.79 Å². The van der Waals surface area contributed by atoms with Crippen LogP contribution in [0.3, 0.4) is 0 Å². The number of halogens is 1. The van der Waals surface area contributed by atoms with E-state index >= 15 is 0 Å². The van der Waals surface area contributed by atoms with E-state index in [9.17, 15) is 9.59 Å². The number of ether oxygens (including phenoxy) is 2. The summed E-state index contributed by atoms with van der Waals surface area (Å²) < 4.78 is 10.8. The number of hydrogen-bond donors (Lipinski definition) is 2. The number of amides is 1. The summed E-state index contributed by atoms with van der Waals surface area (Å²) in [6.45, 7) is 3.67. The SMILES string of the molecule is CCOc1cc(C(=O)O)cc(Cl)c1OCC(=O)Nc1cccc(C)c1. The highest BCUT2D eigenvalue weighted by Crippen LogP contribution is 2.36. The summed E-state index contributed by atoms with van der Waals surface area (Å²) in [5.41, 5.74) is 1.65. The van der Waals surface area contributed by atoms with E-state index in [0.29, 0.717) is 12.3 Å². The Morgan fingerprint density at radius 3 is 2.60 bits per heavy atom. The molecule has 2 aromatic carbocycles. The first-order valence-corrected chi connectivity index (χ1v) is 7.97. The third kappa shape index (κ3) is 5.12. The summed E-state index contributed by atoms with van der Waals surface area (Å²) in [7, 11) is 0. The van der Waals surface area contributed by atoms with E-state index in [2.05, 4.69) is 5.32 Å². The first-order valence-electron chi connectivity index (χ1n) is 7.59. The van der Waals surface area contributed by atoms with Crippen LogP contribution in [0.5, 0.6) is 11.5 Å². The van der Waals surface area contributed by atoms with Gasteiger partial charge in [0.15, 0.2) is 18.1 Å². The lowest BCUT2D eigenvalue weighted by molar-refractivity contribution is -0.118. The van der Waals surface area contributed by atoms with Gasteiger partial charge in [-0.2, -0.15) is 0 Å². The summed E-state index contributed by atoms with van der Waals surface area (Å²) in [5, 5.41) is 11.9. The van der Waals surface area contributed by atoms with Crippen molar-refractivity contribution in [3.05, 3.63) is 52.5 Å². The van der Waals surface area contributed by atoms with Crippen molar-refractivity contribution in [2.75, 3.05) is 18.5 Å². The van der Waals surface area contributed by atoms with Gasteiger partial charge in [0, 0.05) is 5.69 Å². The van der Waals surface area contributed by atoms with E-state index in [0.717, 1.165) is 5.56 Å². The van der Waals surface area contributed by atoms with Crippen LogP contribution in [0.2, 0.25) is 5.02 Å². The van der Waals surface area contributed by atoms with Crippen molar-refractivity contribution < 1.29 is 24.2 Å². The number of carboxylic acid groups (broad SMARTS) is 1. The molecule has 0 aliphatic carbocycles. The highest BCUT2D eigenvalue weighted by Gasteiger charge is 2.17. The molecule has 0 bridgehead atoms. The van der Waals surface area contributed by atoms with Crippen molar-refractivity contribution in [1.29, 1.82) is 0 Å². The molecule has 2 N–H and O–H groups in total. The van der Waals surface area contributed by atoms with E-state index in [1.165, 1.54) is 12.1 Å². The second-order valence-corrected chi connectivity index (χ2v) is 5.64. The van der Waals surface area contributed by atoms with E-state index in [-0.39, 0.29) is 34.6 Å². The maximum Gasteiger partial charge on any atom is 0.335 e. The molecule has 0 heterocycles. The first-order chi connectivity index (χ1) is 11.9. The summed E-state index contributed by atoms with van der Waals surface area (Å²) in [5.74, 6) is -1.19. The second-order valence-electron chi connectivity index (χ2n) is 5.23. The Hall–Kier alpha value is -2.73. The lowest BCUT2D eigenvalue weighted by Gasteiger charge is -2.14. The third-order valence-electron chi connectivity index (χ3n) is 3.21. The summed E-state index contributed by atoms with van der Waals surface area (Å²) in [6, 6.07) is 9.92. The third-order valence-corrected chi connectivity index (χ3v) is 3.49. The van der Waals surface area contributed by atoms with Gasteiger partial charge in [0.1, 0.15) is 0 Å². The van der Waals surface area contributed by atoms with Gasteiger partial charge in [-0.25, -0.2) is 4.79 Å². The van der Waals surface area contributed by atoms with Gasteiger partial charge >= 0.3 is 5.97 Å². The van der Waals surface area contributed by atoms with Crippen LogP contribution in [-0.2, 0) is 4.79 Å².